The molecule has 1 aliphatic heterocycles. The van der Waals surface area contributed by atoms with Gasteiger partial charge < -0.3 is 24.3 Å². The van der Waals surface area contributed by atoms with Crippen molar-refractivity contribution < 1.29 is 28.5 Å². The lowest BCUT2D eigenvalue weighted by molar-refractivity contribution is -0.125. The molecule has 32 heavy (non-hydrogen) atoms. The Hall–Kier alpha value is -3.06. The van der Waals surface area contributed by atoms with Crippen LogP contribution in [0.1, 0.15) is 49.0 Å². The van der Waals surface area contributed by atoms with Crippen molar-refractivity contribution in [1.82, 2.24) is 0 Å². The van der Waals surface area contributed by atoms with Crippen LogP contribution < -0.4 is 14.8 Å². The van der Waals surface area contributed by atoms with E-state index in [2.05, 4.69) is 5.32 Å². The lowest BCUT2D eigenvalue weighted by Crippen LogP contribution is -2.44. The molecule has 0 saturated carbocycles. The Morgan fingerprint density at radius 3 is 2.38 bits per heavy atom. The highest BCUT2D eigenvalue weighted by Crippen LogP contribution is 2.37. The molecule has 1 fully saturated rings. The van der Waals surface area contributed by atoms with E-state index in [1.807, 2.05) is 38.1 Å². The molecule has 7 nitrogen and oxygen atoms in total. The average molecular weight is 442 g/mol. The largest absolute Gasteiger partial charge is 0.497 e. The van der Waals surface area contributed by atoms with Gasteiger partial charge in [-0.2, -0.15) is 0 Å². The molecule has 0 aromatic heterocycles. The summed E-state index contributed by atoms with van der Waals surface area (Å²) in [5.41, 5.74) is 0.952. The van der Waals surface area contributed by atoms with Crippen molar-refractivity contribution >= 4 is 17.6 Å². The molecule has 1 saturated heterocycles. The summed E-state index contributed by atoms with van der Waals surface area (Å²) >= 11 is 0. The molecule has 1 atom stereocenters. The summed E-state index contributed by atoms with van der Waals surface area (Å²) in [6.45, 7) is 4.92. The molecular weight excluding hydrogens is 410 g/mol. The highest BCUT2D eigenvalue weighted by Gasteiger charge is 2.41. The first-order valence-electron chi connectivity index (χ1n) is 10.9. The van der Waals surface area contributed by atoms with Crippen molar-refractivity contribution in [1.29, 1.82) is 0 Å². The van der Waals surface area contributed by atoms with Crippen molar-refractivity contribution in [3.8, 4) is 11.5 Å². The van der Waals surface area contributed by atoms with E-state index >= 15 is 0 Å². The van der Waals surface area contributed by atoms with Crippen LogP contribution in [0.25, 0.3) is 0 Å². The van der Waals surface area contributed by atoms with Gasteiger partial charge in [-0.3, -0.25) is 4.79 Å². The summed E-state index contributed by atoms with van der Waals surface area (Å²) in [6.07, 6.45) is 1.86. The number of benzene rings is 2. The summed E-state index contributed by atoms with van der Waals surface area (Å²) in [5.74, 6) is 0.504. The third kappa shape index (κ3) is 5.05. The van der Waals surface area contributed by atoms with Crippen molar-refractivity contribution in [2.45, 2.75) is 44.6 Å². The maximum absolute atomic E-state index is 13.6. The van der Waals surface area contributed by atoms with Crippen LogP contribution in [0.3, 0.4) is 0 Å². The summed E-state index contributed by atoms with van der Waals surface area (Å²) in [6, 6.07) is 12.6. The first kappa shape index (κ1) is 23.6. The van der Waals surface area contributed by atoms with E-state index in [0.717, 1.165) is 17.7 Å². The van der Waals surface area contributed by atoms with Crippen LogP contribution in [0.5, 0.6) is 11.5 Å². The number of nitrogens with one attached hydrogen (secondary N) is 1. The maximum Gasteiger partial charge on any atom is 0.341 e. The van der Waals surface area contributed by atoms with Crippen LogP contribution in [0.4, 0.5) is 5.69 Å². The van der Waals surface area contributed by atoms with Gasteiger partial charge in [0.1, 0.15) is 17.1 Å². The first-order chi connectivity index (χ1) is 15.4. The normalized spacial score (nSPS) is 16.0. The quantitative estimate of drug-likeness (QED) is 0.614. The van der Waals surface area contributed by atoms with Gasteiger partial charge in [-0.1, -0.05) is 19.1 Å². The number of esters is 1. The molecule has 0 bridgehead atoms. The van der Waals surface area contributed by atoms with E-state index in [0.29, 0.717) is 37.5 Å². The number of hydrogen-bond acceptors (Lipinski definition) is 6. The van der Waals surface area contributed by atoms with Crippen molar-refractivity contribution in [2.24, 2.45) is 0 Å². The highest BCUT2D eigenvalue weighted by molar-refractivity contribution is 6.01. The predicted molar refractivity (Wildman–Crippen MR) is 122 cm³/mol. The second-order valence-electron chi connectivity index (χ2n) is 7.92. The zero-order chi connectivity index (χ0) is 23.1. The molecule has 0 spiro atoms. The van der Waals surface area contributed by atoms with Crippen molar-refractivity contribution in [3.05, 3.63) is 53.6 Å². The Labute approximate surface area is 189 Å². The van der Waals surface area contributed by atoms with E-state index in [1.54, 1.807) is 25.3 Å². The molecule has 0 aliphatic carbocycles. The zero-order valence-electron chi connectivity index (χ0n) is 19.1. The van der Waals surface area contributed by atoms with Crippen molar-refractivity contribution in [2.75, 3.05) is 32.8 Å². The van der Waals surface area contributed by atoms with Gasteiger partial charge in [-0.15, -0.1) is 0 Å². The lowest BCUT2D eigenvalue weighted by atomic mass is 9.73. The molecule has 2 aromatic rings. The van der Waals surface area contributed by atoms with Gasteiger partial charge in [0.05, 0.1) is 25.7 Å². The van der Waals surface area contributed by atoms with Crippen molar-refractivity contribution in [3.63, 3.8) is 0 Å². The van der Waals surface area contributed by atoms with E-state index in [9.17, 15) is 9.59 Å². The maximum atomic E-state index is 13.6. The molecular formula is C25H31NO6. The first-order valence-corrected chi connectivity index (χ1v) is 10.9. The Kier molecular flexibility index (Phi) is 7.75. The molecule has 2 aromatic carbocycles. The molecule has 172 valence electrons. The minimum atomic E-state index is -0.734. The Morgan fingerprint density at radius 2 is 1.78 bits per heavy atom. The van der Waals surface area contributed by atoms with Gasteiger partial charge in [0.2, 0.25) is 5.91 Å². The summed E-state index contributed by atoms with van der Waals surface area (Å²) in [4.78, 5) is 25.9. The van der Waals surface area contributed by atoms with E-state index in [4.69, 9.17) is 18.9 Å². The minimum absolute atomic E-state index is 0.0561. The second kappa shape index (κ2) is 10.5. The third-order valence-corrected chi connectivity index (χ3v) is 5.97. The average Bonchev–Trinajstić information content (AvgIpc) is 2.84. The predicted octanol–water partition coefficient (Wildman–Crippen LogP) is 4.35. The fourth-order valence-electron chi connectivity index (χ4n) is 3.81. The number of rotatable bonds is 8. The molecule has 1 N–H and O–H groups in total. The van der Waals surface area contributed by atoms with Crippen LogP contribution in [-0.2, 0) is 19.7 Å². The highest BCUT2D eigenvalue weighted by atomic mass is 16.5. The number of methoxy groups -OCH3 is 2. The van der Waals surface area contributed by atoms with Crippen LogP contribution in [0, 0.1) is 0 Å². The number of carbonyl (C=O) groups is 2. The van der Waals surface area contributed by atoms with Gasteiger partial charge in [0.15, 0.2) is 0 Å². The summed E-state index contributed by atoms with van der Waals surface area (Å²) in [5, 5.41) is 3.00. The number of ether oxygens (including phenoxy) is 4. The van der Waals surface area contributed by atoms with Gasteiger partial charge in [0, 0.05) is 18.9 Å². The monoisotopic (exact) mass is 441 g/mol. The van der Waals surface area contributed by atoms with E-state index in [-0.39, 0.29) is 17.6 Å². The van der Waals surface area contributed by atoms with Gasteiger partial charge >= 0.3 is 5.97 Å². The standard InChI is InChI=1S/C25H31NO6/c1-5-17(2)32-22-11-8-19(16-21(22)23(27)30-4)26-24(28)25(12-14-31-15-13-25)18-6-9-20(29-3)10-7-18/h6-11,16-17H,5,12-15H2,1-4H3,(H,26,28)/t17-/m1/s1. The Bertz CT molecular complexity index is 934. The van der Waals surface area contributed by atoms with E-state index in [1.165, 1.54) is 7.11 Å². The molecule has 0 unspecified atom stereocenters. The molecule has 7 heteroatoms. The zero-order valence-corrected chi connectivity index (χ0v) is 19.1. The fourth-order valence-corrected chi connectivity index (χ4v) is 3.81. The number of anilines is 1. The number of amides is 1. The molecule has 1 aliphatic rings. The van der Waals surface area contributed by atoms with Gasteiger partial charge in [-0.05, 0) is 62.1 Å². The van der Waals surface area contributed by atoms with Crippen LogP contribution in [0.15, 0.2) is 42.5 Å². The molecule has 1 amide bonds. The lowest BCUT2D eigenvalue weighted by Gasteiger charge is -2.36. The van der Waals surface area contributed by atoms with E-state index < -0.39 is 11.4 Å². The molecule has 0 radical (unpaired) electrons. The van der Waals surface area contributed by atoms with Gasteiger partial charge in [-0.25, -0.2) is 4.79 Å². The fraction of sp³-hybridized carbons (Fsp3) is 0.440. The van der Waals surface area contributed by atoms with Crippen LogP contribution in [-0.4, -0.2) is 45.4 Å². The third-order valence-electron chi connectivity index (χ3n) is 5.97. The topological polar surface area (TPSA) is 83.1 Å². The summed E-state index contributed by atoms with van der Waals surface area (Å²) in [7, 11) is 2.93. The SMILES string of the molecule is CC[C@@H](C)Oc1ccc(NC(=O)C2(c3ccc(OC)cc3)CCOCC2)cc1C(=O)OC. The Balaban J connectivity index is 1.91. The number of hydrogen-bond donors (Lipinski definition) is 1. The minimum Gasteiger partial charge on any atom is -0.497 e. The second-order valence-corrected chi connectivity index (χ2v) is 7.92. The van der Waals surface area contributed by atoms with Gasteiger partial charge in [0.25, 0.3) is 0 Å². The smallest absolute Gasteiger partial charge is 0.341 e. The Morgan fingerprint density at radius 1 is 1.09 bits per heavy atom. The van der Waals surface area contributed by atoms with Crippen LogP contribution in [0.2, 0.25) is 0 Å². The molecule has 3 rings (SSSR count). The number of carbonyl (C=O) groups excluding carboxylic acids is 2. The summed E-state index contributed by atoms with van der Waals surface area (Å²) < 4.78 is 21.6. The molecule has 1 heterocycles. The van der Waals surface area contributed by atoms with Crippen LogP contribution >= 0.6 is 0 Å².